The number of nitrogens with zero attached hydrogens (tertiary/aromatic N) is 3. The molecule has 1 saturated heterocycles. The van der Waals surface area contributed by atoms with Crippen LogP contribution in [0.25, 0.3) is 21.9 Å². The molecule has 29 heavy (non-hydrogen) atoms. The molecule has 4 aromatic rings. The van der Waals surface area contributed by atoms with Crippen LogP contribution in [0.1, 0.15) is 15.9 Å². The Morgan fingerprint density at radius 1 is 1.10 bits per heavy atom. The number of aromatic amines is 1. The quantitative estimate of drug-likeness (QED) is 0.561. The van der Waals surface area contributed by atoms with Gasteiger partial charge in [0.2, 0.25) is 0 Å². The molecule has 0 spiro atoms. The number of anilines is 2. The largest absolute Gasteiger partial charge is 0.378 e. The van der Waals surface area contributed by atoms with Gasteiger partial charge in [0.1, 0.15) is 17.8 Å². The summed E-state index contributed by atoms with van der Waals surface area (Å²) >= 11 is 0. The van der Waals surface area contributed by atoms with Gasteiger partial charge in [-0.3, -0.25) is 4.79 Å². The van der Waals surface area contributed by atoms with Crippen molar-refractivity contribution < 1.29 is 9.53 Å². The van der Waals surface area contributed by atoms with Crippen LogP contribution in [-0.2, 0) is 4.74 Å². The number of carbonyl (C=O) groups is 1. The topological polar surface area (TPSA) is 83.1 Å². The number of aromatic nitrogens is 3. The summed E-state index contributed by atoms with van der Waals surface area (Å²) in [5, 5.41) is 5.18. The lowest BCUT2D eigenvalue weighted by atomic mass is 10.1. The minimum atomic E-state index is 0.0226. The second-order valence-electron chi connectivity index (χ2n) is 7.23. The molecule has 7 heteroatoms. The zero-order chi connectivity index (χ0) is 19.8. The smallest absolute Gasteiger partial charge is 0.254 e. The molecule has 0 aliphatic carbocycles. The van der Waals surface area contributed by atoms with E-state index in [-0.39, 0.29) is 5.91 Å². The summed E-state index contributed by atoms with van der Waals surface area (Å²) in [6, 6.07) is 13.9. The van der Waals surface area contributed by atoms with Crippen LogP contribution < -0.4 is 5.32 Å². The molecule has 1 aliphatic heterocycles. The van der Waals surface area contributed by atoms with Gasteiger partial charge in [-0.2, -0.15) is 0 Å². The monoisotopic (exact) mass is 387 g/mol. The van der Waals surface area contributed by atoms with Gasteiger partial charge in [0, 0.05) is 35.2 Å². The van der Waals surface area contributed by atoms with Gasteiger partial charge in [-0.15, -0.1) is 0 Å². The number of amides is 1. The average molecular weight is 387 g/mol. The summed E-state index contributed by atoms with van der Waals surface area (Å²) in [6.45, 7) is 4.46. The van der Waals surface area contributed by atoms with E-state index in [1.165, 1.54) is 11.9 Å². The standard InChI is InChI=1S/C22H21N5O2/c1-14-2-5-16(6-3-14)25-20-19-17-12-15(22(28)27-8-10-29-11-9-27)4-7-18(17)26-21(19)24-13-23-20/h2-7,12-13H,8-11H2,1H3,(H2,23,24,25,26). The molecule has 3 heterocycles. The van der Waals surface area contributed by atoms with Crippen LogP contribution in [0.3, 0.4) is 0 Å². The van der Waals surface area contributed by atoms with Crippen molar-refractivity contribution in [3.63, 3.8) is 0 Å². The van der Waals surface area contributed by atoms with E-state index in [9.17, 15) is 4.79 Å². The number of hydrogen-bond acceptors (Lipinski definition) is 5. The van der Waals surface area contributed by atoms with Crippen molar-refractivity contribution in [2.45, 2.75) is 6.92 Å². The maximum absolute atomic E-state index is 12.9. The lowest BCUT2D eigenvalue weighted by molar-refractivity contribution is 0.0303. The molecule has 2 aromatic carbocycles. The lowest BCUT2D eigenvalue weighted by Gasteiger charge is -2.26. The third-order valence-corrected chi connectivity index (χ3v) is 5.25. The van der Waals surface area contributed by atoms with Crippen LogP contribution in [0.15, 0.2) is 48.8 Å². The van der Waals surface area contributed by atoms with Crippen molar-refractivity contribution in [3.05, 3.63) is 59.9 Å². The van der Waals surface area contributed by atoms with Gasteiger partial charge in [-0.05, 0) is 37.3 Å². The molecule has 0 atom stereocenters. The molecule has 0 unspecified atom stereocenters. The van der Waals surface area contributed by atoms with Crippen LogP contribution in [0.5, 0.6) is 0 Å². The highest BCUT2D eigenvalue weighted by Gasteiger charge is 2.20. The highest BCUT2D eigenvalue weighted by Crippen LogP contribution is 2.31. The van der Waals surface area contributed by atoms with Gasteiger partial charge in [0.25, 0.3) is 5.91 Å². The number of morpholine rings is 1. The number of fused-ring (bicyclic) bond motifs is 3. The Labute approximate surface area is 167 Å². The summed E-state index contributed by atoms with van der Waals surface area (Å²) in [5.74, 6) is 0.732. The molecule has 0 saturated carbocycles. The molecule has 146 valence electrons. The summed E-state index contributed by atoms with van der Waals surface area (Å²) in [4.78, 5) is 26.9. The summed E-state index contributed by atoms with van der Waals surface area (Å²) in [7, 11) is 0. The first-order valence-corrected chi connectivity index (χ1v) is 9.66. The van der Waals surface area contributed by atoms with Gasteiger partial charge >= 0.3 is 0 Å². The first-order chi connectivity index (χ1) is 14.2. The van der Waals surface area contributed by atoms with Gasteiger partial charge in [-0.1, -0.05) is 17.7 Å². The van der Waals surface area contributed by atoms with Crippen LogP contribution in [0, 0.1) is 6.92 Å². The third kappa shape index (κ3) is 3.30. The molecular formula is C22H21N5O2. The number of rotatable bonds is 3. The minimum Gasteiger partial charge on any atom is -0.378 e. The maximum Gasteiger partial charge on any atom is 0.254 e. The van der Waals surface area contributed by atoms with Crippen molar-refractivity contribution in [2.75, 3.05) is 31.6 Å². The van der Waals surface area contributed by atoms with Crippen molar-refractivity contribution in [1.29, 1.82) is 0 Å². The zero-order valence-corrected chi connectivity index (χ0v) is 16.1. The fraction of sp³-hybridized carbons (Fsp3) is 0.227. The number of nitrogens with one attached hydrogen (secondary N) is 2. The van der Waals surface area contributed by atoms with Crippen LogP contribution in [0.4, 0.5) is 11.5 Å². The Kier molecular flexibility index (Phi) is 4.37. The van der Waals surface area contributed by atoms with E-state index in [2.05, 4.69) is 39.3 Å². The molecule has 2 N–H and O–H groups in total. The maximum atomic E-state index is 12.9. The van der Waals surface area contributed by atoms with E-state index in [1.807, 2.05) is 35.2 Å². The minimum absolute atomic E-state index is 0.0226. The van der Waals surface area contributed by atoms with Crippen molar-refractivity contribution in [3.8, 4) is 0 Å². The Bertz CT molecular complexity index is 1190. The SMILES string of the molecule is Cc1ccc(Nc2ncnc3[nH]c4ccc(C(=O)N5CCOCC5)cc4c23)cc1. The molecule has 1 amide bonds. The van der Waals surface area contributed by atoms with E-state index >= 15 is 0 Å². The molecule has 2 aromatic heterocycles. The van der Waals surface area contributed by atoms with Crippen LogP contribution in [0.2, 0.25) is 0 Å². The predicted octanol–water partition coefficient (Wildman–Crippen LogP) is 3.64. The Hall–Kier alpha value is -3.45. The van der Waals surface area contributed by atoms with Crippen LogP contribution >= 0.6 is 0 Å². The first kappa shape index (κ1) is 17.6. The van der Waals surface area contributed by atoms with Crippen molar-refractivity contribution >= 4 is 39.3 Å². The number of aryl methyl sites for hydroxylation is 1. The van der Waals surface area contributed by atoms with Gasteiger partial charge in [-0.25, -0.2) is 9.97 Å². The molecule has 5 rings (SSSR count). The highest BCUT2D eigenvalue weighted by molar-refractivity contribution is 6.13. The first-order valence-electron chi connectivity index (χ1n) is 9.66. The highest BCUT2D eigenvalue weighted by atomic mass is 16.5. The summed E-state index contributed by atoms with van der Waals surface area (Å²) in [5.41, 5.74) is 4.46. The average Bonchev–Trinajstić information content (AvgIpc) is 3.14. The molecular weight excluding hydrogens is 366 g/mol. The van der Waals surface area contributed by atoms with Crippen LogP contribution in [-0.4, -0.2) is 52.1 Å². The number of benzene rings is 2. The van der Waals surface area contributed by atoms with Crippen molar-refractivity contribution in [2.24, 2.45) is 0 Å². The van der Waals surface area contributed by atoms with E-state index in [4.69, 9.17) is 4.74 Å². The third-order valence-electron chi connectivity index (χ3n) is 5.25. The Morgan fingerprint density at radius 3 is 2.69 bits per heavy atom. The Balaban J connectivity index is 1.58. The fourth-order valence-electron chi connectivity index (χ4n) is 3.67. The zero-order valence-electron chi connectivity index (χ0n) is 16.1. The number of hydrogen-bond donors (Lipinski definition) is 2. The second kappa shape index (κ2) is 7.18. The van der Waals surface area contributed by atoms with E-state index in [0.29, 0.717) is 37.7 Å². The summed E-state index contributed by atoms with van der Waals surface area (Å²) in [6.07, 6.45) is 1.54. The normalized spacial score (nSPS) is 14.4. The number of carbonyl (C=O) groups excluding carboxylic acids is 1. The predicted molar refractivity (Wildman–Crippen MR) is 113 cm³/mol. The second-order valence-corrected chi connectivity index (χ2v) is 7.23. The molecule has 0 radical (unpaired) electrons. The molecule has 0 bridgehead atoms. The number of ether oxygens (including phenoxy) is 1. The van der Waals surface area contributed by atoms with E-state index in [0.717, 1.165) is 27.6 Å². The molecule has 7 nitrogen and oxygen atoms in total. The van der Waals surface area contributed by atoms with Crippen molar-refractivity contribution in [1.82, 2.24) is 19.9 Å². The van der Waals surface area contributed by atoms with Gasteiger partial charge in [0.15, 0.2) is 0 Å². The number of H-pyrrole nitrogens is 1. The molecule has 1 aliphatic rings. The van der Waals surface area contributed by atoms with E-state index in [1.54, 1.807) is 0 Å². The lowest BCUT2D eigenvalue weighted by Crippen LogP contribution is -2.40. The van der Waals surface area contributed by atoms with Gasteiger partial charge in [0.05, 0.1) is 18.6 Å². The fourth-order valence-corrected chi connectivity index (χ4v) is 3.67. The molecule has 1 fully saturated rings. The van der Waals surface area contributed by atoms with E-state index < -0.39 is 0 Å². The summed E-state index contributed by atoms with van der Waals surface area (Å²) < 4.78 is 5.36. The Morgan fingerprint density at radius 2 is 1.90 bits per heavy atom. The van der Waals surface area contributed by atoms with Gasteiger partial charge < -0.3 is 19.9 Å².